The van der Waals surface area contributed by atoms with Crippen LogP contribution in [0.2, 0.25) is 0 Å². The number of amides is 1. The Balaban J connectivity index is 1.65. The van der Waals surface area contributed by atoms with Crippen LogP contribution < -0.4 is 10.6 Å². The van der Waals surface area contributed by atoms with Crippen molar-refractivity contribution in [2.24, 2.45) is 0 Å². The van der Waals surface area contributed by atoms with Crippen molar-refractivity contribution in [1.82, 2.24) is 15.5 Å². The topological polar surface area (TPSA) is 53.6 Å². The number of benzene rings is 1. The van der Waals surface area contributed by atoms with Crippen molar-refractivity contribution in [3.05, 3.63) is 35.6 Å². The molecule has 2 saturated heterocycles. The number of carbonyl (C=O) groups is 1. The summed E-state index contributed by atoms with van der Waals surface area (Å²) < 4.78 is 45.0. The highest BCUT2D eigenvalue weighted by atomic mass is 19.3. The van der Waals surface area contributed by atoms with Gasteiger partial charge in [-0.1, -0.05) is 12.1 Å². The molecule has 0 radical (unpaired) electrons. The van der Waals surface area contributed by atoms with Gasteiger partial charge in [-0.15, -0.1) is 0 Å². The van der Waals surface area contributed by atoms with E-state index in [0.717, 1.165) is 5.56 Å². The smallest absolute Gasteiger partial charge is 0.262 e. The third-order valence-electron chi connectivity index (χ3n) is 4.64. The summed E-state index contributed by atoms with van der Waals surface area (Å²) in [6.07, 6.45) is -0.488. The molecular formula is C17H22F3N3O2. The molecule has 2 N–H and O–H groups in total. The molecule has 1 aromatic carbocycles. The lowest BCUT2D eigenvalue weighted by Crippen LogP contribution is -2.47. The molecule has 1 amide bonds. The minimum atomic E-state index is -2.84. The molecule has 0 saturated carbocycles. The molecule has 8 heteroatoms. The van der Waals surface area contributed by atoms with Crippen molar-refractivity contribution in [2.45, 2.75) is 24.4 Å². The number of hydrogen-bond acceptors (Lipinski definition) is 4. The van der Waals surface area contributed by atoms with Gasteiger partial charge in [0.1, 0.15) is 5.82 Å². The fourth-order valence-electron chi connectivity index (χ4n) is 3.25. The van der Waals surface area contributed by atoms with Gasteiger partial charge in [-0.3, -0.25) is 15.0 Å². The average molecular weight is 357 g/mol. The fourth-order valence-corrected chi connectivity index (χ4v) is 3.25. The Morgan fingerprint density at radius 2 is 2.00 bits per heavy atom. The molecule has 3 rings (SSSR count). The van der Waals surface area contributed by atoms with Crippen molar-refractivity contribution in [1.29, 1.82) is 0 Å². The Kier molecular flexibility index (Phi) is 5.61. The van der Waals surface area contributed by atoms with Crippen molar-refractivity contribution < 1.29 is 22.7 Å². The van der Waals surface area contributed by atoms with E-state index in [1.165, 1.54) is 12.1 Å². The Hall–Kier alpha value is -1.64. The first kappa shape index (κ1) is 18.2. The van der Waals surface area contributed by atoms with Crippen LogP contribution in [0.15, 0.2) is 24.3 Å². The number of hydrogen-bond donors (Lipinski definition) is 2. The van der Waals surface area contributed by atoms with Crippen LogP contribution in [0.25, 0.3) is 0 Å². The Labute approximate surface area is 144 Å². The fraction of sp³-hybridized carbons (Fsp3) is 0.588. The van der Waals surface area contributed by atoms with Crippen LogP contribution in [-0.2, 0) is 9.53 Å². The van der Waals surface area contributed by atoms with E-state index < -0.39 is 30.8 Å². The number of ether oxygens (including phenoxy) is 1. The molecule has 2 fully saturated rings. The highest BCUT2D eigenvalue weighted by molar-refractivity contribution is 5.82. The minimum absolute atomic E-state index is 0.157. The Bertz CT molecular complexity index is 591. The molecule has 2 atom stereocenters. The van der Waals surface area contributed by atoms with Crippen molar-refractivity contribution in [2.75, 3.05) is 39.4 Å². The Morgan fingerprint density at radius 1 is 1.32 bits per heavy atom. The van der Waals surface area contributed by atoms with Gasteiger partial charge in [-0.05, 0) is 17.7 Å². The molecule has 2 aliphatic heterocycles. The maximum absolute atomic E-state index is 13.2. The van der Waals surface area contributed by atoms with Crippen molar-refractivity contribution in [3.8, 4) is 0 Å². The lowest BCUT2D eigenvalue weighted by Gasteiger charge is -2.35. The lowest BCUT2D eigenvalue weighted by molar-refractivity contribution is -0.123. The minimum Gasteiger partial charge on any atom is -0.379 e. The van der Waals surface area contributed by atoms with Crippen molar-refractivity contribution >= 4 is 5.91 Å². The number of rotatable bonds is 5. The van der Waals surface area contributed by atoms with Gasteiger partial charge in [-0.2, -0.15) is 0 Å². The maximum atomic E-state index is 13.2. The molecule has 138 valence electrons. The first-order chi connectivity index (χ1) is 11.9. The first-order valence-corrected chi connectivity index (χ1v) is 8.41. The van der Waals surface area contributed by atoms with Gasteiger partial charge >= 0.3 is 0 Å². The molecule has 0 aromatic heterocycles. The summed E-state index contributed by atoms with van der Waals surface area (Å²) >= 11 is 0. The molecule has 2 aliphatic rings. The van der Waals surface area contributed by atoms with Gasteiger partial charge in [0.15, 0.2) is 0 Å². The first-order valence-electron chi connectivity index (χ1n) is 8.41. The number of carbonyl (C=O) groups excluding carboxylic acids is 1. The summed E-state index contributed by atoms with van der Waals surface area (Å²) in [5, 5.41) is 5.31. The lowest BCUT2D eigenvalue weighted by atomic mass is 10.0. The van der Waals surface area contributed by atoms with E-state index >= 15 is 0 Å². The maximum Gasteiger partial charge on any atom is 0.262 e. The number of morpholine rings is 1. The zero-order valence-corrected chi connectivity index (χ0v) is 13.8. The second-order valence-electron chi connectivity index (χ2n) is 6.45. The van der Waals surface area contributed by atoms with E-state index in [4.69, 9.17) is 4.74 Å². The van der Waals surface area contributed by atoms with Gasteiger partial charge in [0.2, 0.25) is 5.91 Å². The van der Waals surface area contributed by atoms with Gasteiger partial charge < -0.3 is 10.1 Å². The van der Waals surface area contributed by atoms with Crippen LogP contribution in [0.1, 0.15) is 18.0 Å². The molecule has 25 heavy (non-hydrogen) atoms. The normalized spacial score (nSPS) is 24.8. The molecule has 0 bridgehead atoms. The predicted molar refractivity (Wildman–Crippen MR) is 85.9 cm³/mol. The summed E-state index contributed by atoms with van der Waals surface area (Å²) in [5.74, 6) is -3.61. The zero-order chi connectivity index (χ0) is 17.9. The third kappa shape index (κ3) is 4.71. The second kappa shape index (κ2) is 7.72. The average Bonchev–Trinajstić information content (AvgIpc) is 2.97. The number of nitrogens with one attached hydrogen (secondary N) is 2. The van der Waals surface area contributed by atoms with E-state index in [1.54, 1.807) is 12.1 Å². The van der Waals surface area contributed by atoms with Crippen LogP contribution in [0.4, 0.5) is 13.2 Å². The van der Waals surface area contributed by atoms with Crippen molar-refractivity contribution in [3.63, 3.8) is 0 Å². The van der Waals surface area contributed by atoms with Crippen LogP contribution in [0, 0.1) is 5.82 Å². The molecule has 1 aromatic rings. The van der Waals surface area contributed by atoms with Crippen LogP contribution in [0.3, 0.4) is 0 Å². The van der Waals surface area contributed by atoms with E-state index in [0.29, 0.717) is 26.3 Å². The molecule has 2 heterocycles. The van der Waals surface area contributed by atoms with Crippen LogP contribution in [0.5, 0.6) is 0 Å². The monoisotopic (exact) mass is 357 g/mol. The van der Waals surface area contributed by atoms with Gasteiger partial charge in [0.05, 0.1) is 31.8 Å². The van der Waals surface area contributed by atoms with E-state index in [2.05, 4.69) is 15.5 Å². The van der Waals surface area contributed by atoms with E-state index in [9.17, 15) is 18.0 Å². The molecule has 5 nitrogen and oxygen atoms in total. The molecule has 2 unspecified atom stereocenters. The van der Waals surface area contributed by atoms with Gasteiger partial charge in [0.25, 0.3) is 5.92 Å². The zero-order valence-electron chi connectivity index (χ0n) is 13.8. The van der Waals surface area contributed by atoms with E-state index in [-0.39, 0.29) is 18.4 Å². The number of halogens is 3. The Morgan fingerprint density at radius 3 is 2.60 bits per heavy atom. The third-order valence-corrected chi connectivity index (χ3v) is 4.64. The SMILES string of the molecule is O=C(NCC(c1ccc(F)cc1)N1CCOCC1)C1CC(F)(F)CN1. The van der Waals surface area contributed by atoms with Gasteiger partial charge in [-0.25, -0.2) is 13.2 Å². The largest absolute Gasteiger partial charge is 0.379 e. The standard InChI is InChI=1S/C17H22F3N3O2/c18-13-3-1-12(2-4-13)15(23-5-7-25-8-6-23)10-21-16(24)14-9-17(19,20)11-22-14/h1-4,14-15,22H,5-11H2,(H,21,24). The summed E-state index contributed by atoms with van der Waals surface area (Å²) in [4.78, 5) is 14.3. The number of nitrogens with zero attached hydrogens (tertiary/aromatic N) is 1. The second-order valence-corrected chi connectivity index (χ2v) is 6.45. The highest BCUT2D eigenvalue weighted by Gasteiger charge is 2.42. The summed E-state index contributed by atoms with van der Waals surface area (Å²) in [5.41, 5.74) is 0.869. The van der Waals surface area contributed by atoms with E-state index in [1.807, 2.05) is 0 Å². The van der Waals surface area contributed by atoms with Crippen LogP contribution in [-0.4, -0.2) is 62.2 Å². The number of alkyl halides is 2. The summed E-state index contributed by atoms with van der Waals surface area (Å²) in [6, 6.07) is 5.09. The molecule has 0 aliphatic carbocycles. The summed E-state index contributed by atoms with van der Waals surface area (Å²) in [7, 11) is 0. The van der Waals surface area contributed by atoms with Crippen LogP contribution >= 0.6 is 0 Å². The highest BCUT2D eigenvalue weighted by Crippen LogP contribution is 2.26. The quantitative estimate of drug-likeness (QED) is 0.835. The summed E-state index contributed by atoms with van der Waals surface area (Å²) in [6.45, 7) is 2.35. The van der Waals surface area contributed by atoms with Gasteiger partial charge in [0, 0.05) is 26.1 Å². The molecular weight excluding hydrogens is 335 g/mol. The predicted octanol–water partition coefficient (Wildman–Crippen LogP) is 1.31. The molecule has 0 spiro atoms.